The first-order chi connectivity index (χ1) is 17.0. The van der Waals surface area contributed by atoms with Gasteiger partial charge in [-0.1, -0.05) is 35.9 Å². The highest BCUT2D eigenvalue weighted by atomic mass is 79.9. The minimum absolute atomic E-state index is 0.0952. The fourth-order valence-corrected chi connectivity index (χ4v) is 5.42. The van der Waals surface area contributed by atoms with Crippen LogP contribution in [0.4, 0.5) is 13.2 Å². The lowest BCUT2D eigenvalue weighted by Crippen LogP contribution is -2.54. The Hall–Kier alpha value is -1.87. The van der Waals surface area contributed by atoms with Gasteiger partial charge in [-0.25, -0.2) is 0 Å². The standard InChI is InChI=1S/C27H29BrClF3N2O2/c1-16-11-19(13-25(29)17(16)2)23(27(30,31)32)6-4-18-3-5-22(24(28)12-18)26(35)33-20-7-9-34(10-8-20)21-14-36-15-21/h3-6,11-13,20-21,23H,7-10,14-15H2,1-2H3,(H,33,35)/b6-4+. The van der Waals surface area contributed by atoms with Crippen LogP contribution in [-0.2, 0) is 4.74 Å². The van der Waals surface area contributed by atoms with E-state index in [4.69, 9.17) is 16.3 Å². The van der Waals surface area contributed by atoms with E-state index < -0.39 is 12.1 Å². The van der Waals surface area contributed by atoms with Crippen LogP contribution in [0.3, 0.4) is 0 Å². The Kier molecular flexibility index (Phi) is 8.49. The minimum atomic E-state index is -4.47. The highest BCUT2D eigenvalue weighted by Crippen LogP contribution is 2.38. The number of amides is 1. The van der Waals surface area contributed by atoms with Crippen molar-refractivity contribution in [1.82, 2.24) is 10.2 Å². The predicted octanol–water partition coefficient (Wildman–Crippen LogP) is 6.67. The number of hydrogen-bond acceptors (Lipinski definition) is 3. The Balaban J connectivity index is 1.43. The number of allylic oxidation sites excluding steroid dienone is 1. The molecule has 0 aromatic heterocycles. The number of nitrogens with zero attached hydrogens (tertiary/aromatic N) is 1. The number of carbonyl (C=O) groups excluding carboxylic acids is 1. The summed E-state index contributed by atoms with van der Waals surface area (Å²) in [5.74, 6) is -1.99. The number of piperidine rings is 1. The normalized spacial score (nSPS) is 18.9. The Bertz CT molecular complexity index is 1120. The smallest absolute Gasteiger partial charge is 0.378 e. The Morgan fingerprint density at radius 3 is 2.44 bits per heavy atom. The van der Waals surface area contributed by atoms with Crippen LogP contribution in [0.15, 0.2) is 40.9 Å². The molecule has 194 valence electrons. The van der Waals surface area contributed by atoms with Crippen molar-refractivity contribution >= 4 is 39.5 Å². The molecule has 4 rings (SSSR count). The summed E-state index contributed by atoms with van der Waals surface area (Å²) in [6.45, 7) is 6.95. The molecule has 2 aliphatic heterocycles. The number of nitrogens with one attached hydrogen (secondary N) is 1. The number of ether oxygens (including phenoxy) is 1. The molecule has 4 nitrogen and oxygen atoms in total. The molecular formula is C27H29BrClF3N2O2. The molecule has 1 N–H and O–H groups in total. The second-order valence-electron chi connectivity index (χ2n) is 9.54. The van der Waals surface area contributed by atoms with Crippen molar-refractivity contribution in [3.63, 3.8) is 0 Å². The highest BCUT2D eigenvalue weighted by molar-refractivity contribution is 9.10. The topological polar surface area (TPSA) is 41.6 Å². The molecular weight excluding hydrogens is 557 g/mol. The first-order valence-electron chi connectivity index (χ1n) is 12.0. The summed E-state index contributed by atoms with van der Waals surface area (Å²) in [6, 6.07) is 8.44. The van der Waals surface area contributed by atoms with Gasteiger partial charge in [0.15, 0.2) is 0 Å². The zero-order chi connectivity index (χ0) is 26.0. The van der Waals surface area contributed by atoms with Crippen molar-refractivity contribution in [2.45, 2.75) is 50.9 Å². The molecule has 1 amide bonds. The molecule has 9 heteroatoms. The third-order valence-electron chi connectivity index (χ3n) is 7.06. The van der Waals surface area contributed by atoms with Crippen molar-refractivity contribution in [1.29, 1.82) is 0 Å². The second kappa shape index (κ2) is 11.3. The minimum Gasteiger partial charge on any atom is -0.378 e. The van der Waals surface area contributed by atoms with Crippen LogP contribution in [0.5, 0.6) is 0 Å². The first kappa shape index (κ1) is 27.2. The van der Waals surface area contributed by atoms with Crippen LogP contribution in [0, 0.1) is 13.8 Å². The van der Waals surface area contributed by atoms with Gasteiger partial charge in [0.2, 0.25) is 0 Å². The van der Waals surface area contributed by atoms with E-state index in [0.29, 0.717) is 32.2 Å². The fourth-order valence-electron chi connectivity index (χ4n) is 4.56. The summed E-state index contributed by atoms with van der Waals surface area (Å²) in [4.78, 5) is 15.3. The number of carbonyl (C=O) groups is 1. The summed E-state index contributed by atoms with van der Waals surface area (Å²) in [5.41, 5.74) is 2.58. The molecule has 1 atom stereocenters. The van der Waals surface area contributed by atoms with Crippen molar-refractivity contribution in [2.75, 3.05) is 26.3 Å². The van der Waals surface area contributed by atoms with Crippen LogP contribution < -0.4 is 5.32 Å². The van der Waals surface area contributed by atoms with Crippen LogP contribution in [0.25, 0.3) is 6.08 Å². The zero-order valence-electron chi connectivity index (χ0n) is 20.2. The number of rotatable bonds is 6. The van der Waals surface area contributed by atoms with Gasteiger partial charge in [0.1, 0.15) is 0 Å². The Morgan fingerprint density at radius 2 is 1.89 bits per heavy atom. The van der Waals surface area contributed by atoms with E-state index in [1.165, 1.54) is 18.2 Å². The largest absolute Gasteiger partial charge is 0.399 e. The maximum Gasteiger partial charge on any atom is 0.399 e. The van der Waals surface area contributed by atoms with Gasteiger partial charge in [-0.3, -0.25) is 9.69 Å². The number of alkyl halides is 3. The lowest BCUT2D eigenvalue weighted by atomic mass is 9.94. The van der Waals surface area contributed by atoms with Gasteiger partial charge in [-0.15, -0.1) is 0 Å². The second-order valence-corrected chi connectivity index (χ2v) is 10.8. The third-order valence-corrected chi connectivity index (χ3v) is 8.11. The van der Waals surface area contributed by atoms with E-state index >= 15 is 0 Å². The van der Waals surface area contributed by atoms with Gasteiger partial charge in [0.05, 0.1) is 30.7 Å². The molecule has 0 bridgehead atoms. The Labute approximate surface area is 223 Å². The number of benzene rings is 2. The zero-order valence-corrected chi connectivity index (χ0v) is 22.5. The lowest BCUT2D eigenvalue weighted by Gasteiger charge is -2.41. The van der Waals surface area contributed by atoms with E-state index in [1.807, 2.05) is 0 Å². The predicted molar refractivity (Wildman–Crippen MR) is 140 cm³/mol. The number of likely N-dealkylation sites (tertiary alicyclic amines) is 1. The SMILES string of the molecule is Cc1cc(C(/C=C/c2ccc(C(=O)NC3CCN(C4COC4)CC3)c(Br)c2)C(F)(F)F)cc(Cl)c1C. The average Bonchev–Trinajstić information content (AvgIpc) is 2.76. The number of halogens is 5. The van der Waals surface area contributed by atoms with Crippen molar-refractivity contribution in [2.24, 2.45) is 0 Å². The third kappa shape index (κ3) is 6.33. The molecule has 2 fully saturated rings. The molecule has 0 saturated carbocycles. The maximum absolute atomic E-state index is 13.9. The number of hydrogen-bond donors (Lipinski definition) is 1. The van der Waals surface area contributed by atoms with Gasteiger partial charge in [-0.2, -0.15) is 13.2 Å². The van der Waals surface area contributed by atoms with Gasteiger partial charge < -0.3 is 10.1 Å². The highest BCUT2D eigenvalue weighted by Gasteiger charge is 2.39. The van der Waals surface area contributed by atoms with Crippen molar-refractivity contribution in [3.05, 3.63) is 73.7 Å². The summed E-state index contributed by atoms with van der Waals surface area (Å²) < 4.78 is 47.4. The molecule has 1 unspecified atom stereocenters. The molecule has 0 aliphatic carbocycles. The van der Waals surface area contributed by atoms with Crippen molar-refractivity contribution in [3.8, 4) is 0 Å². The molecule has 2 aliphatic rings. The van der Waals surface area contributed by atoms with Crippen LogP contribution in [-0.4, -0.2) is 55.4 Å². The molecule has 2 aromatic carbocycles. The molecule has 2 aromatic rings. The summed E-state index contributed by atoms with van der Waals surface area (Å²) in [7, 11) is 0. The van der Waals surface area contributed by atoms with Gasteiger partial charge >= 0.3 is 6.18 Å². The van der Waals surface area contributed by atoms with E-state index in [2.05, 4.69) is 26.1 Å². The lowest BCUT2D eigenvalue weighted by molar-refractivity contribution is -0.139. The summed E-state index contributed by atoms with van der Waals surface area (Å²) in [5, 5.41) is 3.40. The van der Waals surface area contributed by atoms with E-state index in [1.54, 1.807) is 32.0 Å². The van der Waals surface area contributed by atoms with Crippen LogP contribution in [0.2, 0.25) is 5.02 Å². The molecule has 36 heavy (non-hydrogen) atoms. The van der Waals surface area contributed by atoms with E-state index in [0.717, 1.165) is 50.8 Å². The number of aryl methyl sites for hydroxylation is 1. The van der Waals surface area contributed by atoms with Crippen molar-refractivity contribution < 1.29 is 22.7 Å². The monoisotopic (exact) mass is 584 g/mol. The molecule has 0 radical (unpaired) electrons. The fraction of sp³-hybridized carbons (Fsp3) is 0.444. The van der Waals surface area contributed by atoms with Crippen LogP contribution >= 0.6 is 27.5 Å². The van der Waals surface area contributed by atoms with Gasteiger partial charge in [-0.05, 0) is 83.1 Å². The first-order valence-corrected chi connectivity index (χ1v) is 13.1. The van der Waals surface area contributed by atoms with Gasteiger partial charge in [0.25, 0.3) is 5.91 Å². The quantitative estimate of drug-likeness (QED) is 0.412. The maximum atomic E-state index is 13.9. The van der Waals surface area contributed by atoms with Crippen LogP contribution in [0.1, 0.15) is 51.4 Å². The average molecular weight is 586 g/mol. The summed E-state index contributed by atoms with van der Waals surface area (Å²) in [6.07, 6.45) is -0.166. The Morgan fingerprint density at radius 1 is 1.19 bits per heavy atom. The van der Waals surface area contributed by atoms with E-state index in [-0.39, 0.29) is 17.5 Å². The molecule has 2 saturated heterocycles. The molecule has 0 spiro atoms. The van der Waals surface area contributed by atoms with Gasteiger partial charge in [0, 0.05) is 28.6 Å². The molecule has 2 heterocycles. The summed E-state index contributed by atoms with van der Waals surface area (Å²) >= 11 is 9.58. The van der Waals surface area contributed by atoms with E-state index in [9.17, 15) is 18.0 Å².